The zero-order valence-electron chi connectivity index (χ0n) is 16.6. The Hall–Kier alpha value is -2.95. The van der Waals surface area contributed by atoms with Crippen LogP contribution >= 0.6 is 0 Å². The number of fused-ring (bicyclic) bond motifs is 1. The van der Waals surface area contributed by atoms with Crippen molar-refractivity contribution in [1.29, 1.82) is 0 Å². The number of phenols is 1. The Morgan fingerprint density at radius 3 is 2.46 bits per heavy atom. The van der Waals surface area contributed by atoms with Crippen LogP contribution in [0, 0.1) is 0 Å². The number of phenolic OH excluding ortho intramolecular Hbond substituents is 1. The van der Waals surface area contributed by atoms with Crippen molar-refractivity contribution in [2.45, 2.75) is 46.3 Å². The first-order chi connectivity index (χ1) is 13.5. The molecule has 0 amide bonds. The largest absolute Gasteiger partial charge is 0.508 e. The monoisotopic (exact) mass is 381 g/mol. The van der Waals surface area contributed by atoms with Gasteiger partial charge in [0.25, 0.3) is 5.56 Å². The van der Waals surface area contributed by atoms with E-state index in [-0.39, 0.29) is 29.7 Å². The summed E-state index contributed by atoms with van der Waals surface area (Å²) in [7, 11) is 0. The van der Waals surface area contributed by atoms with E-state index in [1.165, 1.54) is 0 Å². The summed E-state index contributed by atoms with van der Waals surface area (Å²) in [6.45, 7) is 6.73. The average Bonchev–Trinajstić information content (AvgIpc) is 2.67. The van der Waals surface area contributed by atoms with Gasteiger partial charge in [0.2, 0.25) is 5.75 Å². The minimum atomic E-state index is -0.254. The molecule has 0 spiro atoms. The normalized spacial score (nSPS) is 11.1. The van der Waals surface area contributed by atoms with Crippen LogP contribution in [-0.4, -0.2) is 16.3 Å². The predicted octanol–water partition coefficient (Wildman–Crippen LogP) is 5.05. The fourth-order valence-electron chi connectivity index (χ4n) is 3.18. The van der Waals surface area contributed by atoms with Gasteiger partial charge in [0, 0.05) is 17.5 Å². The van der Waals surface area contributed by atoms with Gasteiger partial charge in [-0.25, -0.2) is 0 Å². The van der Waals surface area contributed by atoms with E-state index in [1.54, 1.807) is 22.8 Å². The maximum Gasteiger partial charge on any atom is 0.297 e. The quantitative estimate of drug-likeness (QED) is 0.555. The molecule has 0 aliphatic heterocycles. The third-order valence-electron chi connectivity index (χ3n) is 4.59. The molecule has 1 aromatic heterocycles. The minimum absolute atomic E-state index is 0.0967. The maximum atomic E-state index is 13.3. The van der Waals surface area contributed by atoms with Crippen LogP contribution < -0.4 is 15.0 Å². The molecule has 1 N–H and O–H groups in total. The fourth-order valence-corrected chi connectivity index (χ4v) is 3.18. The van der Waals surface area contributed by atoms with E-state index in [2.05, 4.69) is 6.92 Å². The van der Waals surface area contributed by atoms with Gasteiger partial charge in [-0.05, 0) is 38.0 Å². The molecular formula is C23H27NO4. The Kier molecular flexibility index (Phi) is 6.24. The summed E-state index contributed by atoms with van der Waals surface area (Å²) >= 11 is 0. The van der Waals surface area contributed by atoms with Crippen LogP contribution in [0.4, 0.5) is 0 Å². The summed E-state index contributed by atoms with van der Waals surface area (Å²) in [5, 5.41) is 10.7. The number of aromatic hydroxyl groups is 1. The molecule has 1 heterocycles. The number of hydrogen-bond acceptors (Lipinski definition) is 4. The van der Waals surface area contributed by atoms with E-state index in [4.69, 9.17) is 9.47 Å². The lowest BCUT2D eigenvalue weighted by Crippen LogP contribution is -2.25. The van der Waals surface area contributed by atoms with Gasteiger partial charge in [0.15, 0.2) is 5.75 Å². The van der Waals surface area contributed by atoms with E-state index in [0.29, 0.717) is 17.9 Å². The molecule has 5 heteroatoms. The van der Waals surface area contributed by atoms with E-state index in [9.17, 15) is 9.90 Å². The van der Waals surface area contributed by atoms with Gasteiger partial charge >= 0.3 is 0 Å². The van der Waals surface area contributed by atoms with Crippen molar-refractivity contribution in [2.75, 3.05) is 6.61 Å². The Morgan fingerprint density at radius 2 is 1.79 bits per heavy atom. The van der Waals surface area contributed by atoms with Crippen molar-refractivity contribution < 1.29 is 14.6 Å². The minimum Gasteiger partial charge on any atom is -0.508 e. The molecule has 0 saturated carbocycles. The van der Waals surface area contributed by atoms with Crippen LogP contribution in [0.25, 0.3) is 10.9 Å². The van der Waals surface area contributed by atoms with Gasteiger partial charge in [-0.2, -0.15) is 0 Å². The summed E-state index contributed by atoms with van der Waals surface area (Å²) in [5.41, 5.74) is 1.36. The third-order valence-corrected chi connectivity index (χ3v) is 4.59. The lowest BCUT2D eigenvalue weighted by Gasteiger charge is -2.20. The first kappa shape index (κ1) is 19.8. The van der Waals surface area contributed by atoms with Gasteiger partial charge < -0.3 is 19.1 Å². The molecule has 0 saturated heterocycles. The molecule has 28 heavy (non-hydrogen) atoms. The molecule has 0 aliphatic carbocycles. The van der Waals surface area contributed by atoms with E-state index in [0.717, 1.165) is 23.8 Å². The van der Waals surface area contributed by atoms with E-state index in [1.807, 2.05) is 44.2 Å². The number of benzene rings is 2. The van der Waals surface area contributed by atoms with Gasteiger partial charge in [0.1, 0.15) is 12.4 Å². The summed E-state index contributed by atoms with van der Waals surface area (Å²) in [6, 6.07) is 14.6. The Balaban J connectivity index is 2.15. The first-order valence-electron chi connectivity index (χ1n) is 9.73. The second kappa shape index (κ2) is 8.83. The lowest BCUT2D eigenvalue weighted by molar-refractivity contribution is 0.256. The molecule has 0 fully saturated rings. The second-order valence-corrected chi connectivity index (χ2v) is 7.10. The molecule has 2 aromatic carbocycles. The highest BCUT2D eigenvalue weighted by atomic mass is 16.5. The van der Waals surface area contributed by atoms with Crippen LogP contribution in [0.1, 0.15) is 45.2 Å². The fraction of sp³-hybridized carbons (Fsp3) is 0.348. The van der Waals surface area contributed by atoms with E-state index < -0.39 is 0 Å². The summed E-state index contributed by atoms with van der Waals surface area (Å²) in [6.07, 6.45) is 1.87. The van der Waals surface area contributed by atoms with Crippen LogP contribution in [0.2, 0.25) is 0 Å². The maximum absolute atomic E-state index is 13.3. The third kappa shape index (κ3) is 4.14. The van der Waals surface area contributed by atoms with Crippen molar-refractivity contribution >= 4 is 10.9 Å². The molecule has 3 rings (SSSR count). The Labute approximate surface area is 165 Å². The summed E-state index contributed by atoms with van der Waals surface area (Å²) in [5.74, 6) is 0.770. The molecule has 148 valence electrons. The van der Waals surface area contributed by atoms with Crippen LogP contribution in [0.5, 0.6) is 17.2 Å². The number of nitrogens with zero attached hydrogens (tertiary/aromatic N) is 1. The average molecular weight is 381 g/mol. The number of aromatic nitrogens is 1. The van der Waals surface area contributed by atoms with Crippen molar-refractivity contribution in [2.24, 2.45) is 0 Å². The topological polar surface area (TPSA) is 60.7 Å². The Bertz CT molecular complexity index is 993. The van der Waals surface area contributed by atoms with Gasteiger partial charge in [-0.3, -0.25) is 4.79 Å². The highest BCUT2D eigenvalue weighted by Crippen LogP contribution is 2.36. The van der Waals surface area contributed by atoms with Gasteiger partial charge in [-0.15, -0.1) is 0 Å². The van der Waals surface area contributed by atoms with Crippen LogP contribution in [0.15, 0.2) is 53.3 Å². The number of unbranched alkanes of at least 4 members (excludes halogenated alkanes) is 1. The van der Waals surface area contributed by atoms with Crippen LogP contribution in [-0.2, 0) is 6.61 Å². The lowest BCUT2D eigenvalue weighted by atomic mass is 10.1. The molecule has 0 atom stereocenters. The predicted molar refractivity (Wildman–Crippen MR) is 111 cm³/mol. The highest BCUT2D eigenvalue weighted by Gasteiger charge is 2.21. The van der Waals surface area contributed by atoms with Gasteiger partial charge in [-0.1, -0.05) is 43.7 Å². The molecule has 0 bridgehead atoms. The number of ether oxygens (including phenoxy) is 2. The molecule has 0 radical (unpaired) electrons. The van der Waals surface area contributed by atoms with Crippen molar-refractivity contribution in [1.82, 2.24) is 4.57 Å². The molecule has 0 aliphatic rings. The highest BCUT2D eigenvalue weighted by molar-refractivity contribution is 5.89. The summed E-state index contributed by atoms with van der Waals surface area (Å²) in [4.78, 5) is 13.3. The van der Waals surface area contributed by atoms with Crippen molar-refractivity contribution in [3.8, 4) is 17.2 Å². The zero-order chi connectivity index (χ0) is 20.1. The second-order valence-electron chi connectivity index (χ2n) is 7.10. The number of rotatable bonds is 8. The zero-order valence-corrected chi connectivity index (χ0v) is 16.6. The molecule has 0 unspecified atom stereocenters. The number of pyridine rings is 1. The SMILES string of the molecule is CCCCOc1c(OCc2ccccc2)c(=O)n(C(C)C)c2cc(O)ccc12. The molecule has 5 nitrogen and oxygen atoms in total. The number of hydrogen-bond donors (Lipinski definition) is 1. The molecular weight excluding hydrogens is 354 g/mol. The molecule has 3 aromatic rings. The first-order valence-corrected chi connectivity index (χ1v) is 9.73. The standard InChI is InChI=1S/C23H27NO4/c1-4-5-13-27-21-19-12-11-18(25)14-20(19)24(16(2)3)23(26)22(21)28-15-17-9-7-6-8-10-17/h6-12,14,16,25H,4-5,13,15H2,1-3H3. The van der Waals surface area contributed by atoms with Crippen molar-refractivity contribution in [3.63, 3.8) is 0 Å². The smallest absolute Gasteiger partial charge is 0.297 e. The Morgan fingerprint density at radius 1 is 1.04 bits per heavy atom. The van der Waals surface area contributed by atoms with E-state index >= 15 is 0 Å². The van der Waals surface area contributed by atoms with Crippen molar-refractivity contribution in [3.05, 3.63) is 64.4 Å². The summed E-state index contributed by atoms with van der Waals surface area (Å²) < 4.78 is 13.6. The van der Waals surface area contributed by atoms with Gasteiger partial charge in [0.05, 0.1) is 12.1 Å². The van der Waals surface area contributed by atoms with Crippen LogP contribution in [0.3, 0.4) is 0 Å².